The molecule has 6 nitrogen and oxygen atoms in total. The van der Waals surface area contributed by atoms with Gasteiger partial charge >= 0.3 is 0 Å². The Morgan fingerprint density at radius 3 is 2.65 bits per heavy atom. The summed E-state index contributed by atoms with van der Waals surface area (Å²) in [5.74, 6) is -0.479. The van der Waals surface area contributed by atoms with Crippen molar-refractivity contribution < 1.29 is 9.59 Å². The number of hydrogen-bond donors (Lipinski definition) is 2. The van der Waals surface area contributed by atoms with Crippen LogP contribution in [0.1, 0.15) is 12.8 Å². The smallest absolute Gasteiger partial charge is 0.235 e. The first-order valence-electron chi connectivity index (χ1n) is 5.96. The topological polar surface area (TPSA) is 78.7 Å². The molecule has 0 saturated carbocycles. The van der Waals surface area contributed by atoms with Gasteiger partial charge in [0.2, 0.25) is 11.8 Å². The predicted molar refractivity (Wildman–Crippen MR) is 65.4 cm³/mol. The number of nitrogens with one attached hydrogen (secondary N) is 1. The van der Waals surface area contributed by atoms with Gasteiger partial charge in [0, 0.05) is 33.7 Å². The molecule has 2 amide bonds. The second kappa shape index (κ2) is 6.56. The van der Waals surface area contributed by atoms with Crippen LogP contribution >= 0.6 is 0 Å². The fourth-order valence-electron chi connectivity index (χ4n) is 1.94. The molecule has 0 bridgehead atoms. The predicted octanol–water partition coefficient (Wildman–Crippen LogP) is -1.39. The number of hydrogen-bond acceptors (Lipinski definition) is 4. The van der Waals surface area contributed by atoms with Crippen molar-refractivity contribution in [2.75, 3.05) is 40.3 Å². The van der Waals surface area contributed by atoms with Crippen LogP contribution in [-0.4, -0.2) is 67.9 Å². The summed E-state index contributed by atoms with van der Waals surface area (Å²) in [5.41, 5.74) is 5.40. The third kappa shape index (κ3) is 4.32. The van der Waals surface area contributed by atoms with E-state index in [9.17, 15) is 9.59 Å². The SMILES string of the molecule is CN(C)C(=O)CC(C(N)=O)N1CCCNCC1. The van der Waals surface area contributed by atoms with Gasteiger partial charge in [-0.3, -0.25) is 14.5 Å². The molecule has 1 atom stereocenters. The van der Waals surface area contributed by atoms with E-state index in [1.54, 1.807) is 14.1 Å². The molecule has 1 fully saturated rings. The van der Waals surface area contributed by atoms with Crippen LogP contribution in [0.25, 0.3) is 0 Å². The van der Waals surface area contributed by atoms with Gasteiger partial charge in [-0.15, -0.1) is 0 Å². The van der Waals surface area contributed by atoms with Gasteiger partial charge in [0.1, 0.15) is 0 Å². The number of carbonyl (C=O) groups excluding carboxylic acids is 2. The van der Waals surface area contributed by atoms with Crippen LogP contribution in [-0.2, 0) is 9.59 Å². The van der Waals surface area contributed by atoms with Crippen LogP contribution in [0.4, 0.5) is 0 Å². The van der Waals surface area contributed by atoms with Gasteiger partial charge in [0.15, 0.2) is 0 Å². The standard InChI is InChI=1S/C11H22N4O2/c1-14(2)10(16)8-9(11(12)17)15-6-3-4-13-5-7-15/h9,13H,3-8H2,1-2H3,(H2,12,17). The first-order chi connectivity index (χ1) is 8.02. The third-order valence-corrected chi connectivity index (χ3v) is 3.01. The summed E-state index contributed by atoms with van der Waals surface area (Å²) in [7, 11) is 3.37. The number of rotatable bonds is 4. The van der Waals surface area contributed by atoms with Crippen molar-refractivity contribution in [3.05, 3.63) is 0 Å². The van der Waals surface area contributed by atoms with Gasteiger partial charge in [-0.05, 0) is 13.0 Å². The molecular formula is C11H22N4O2. The molecule has 1 heterocycles. The van der Waals surface area contributed by atoms with Crippen LogP contribution in [0.2, 0.25) is 0 Å². The van der Waals surface area contributed by atoms with E-state index >= 15 is 0 Å². The Balaban J connectivity index is 2.63. The van der Waals surface area contributed by atoms with Gasteiger partial charge < -0.3 is 16.0 Å². The van der Waals surface area contributed by atoms with E-state index in [1.807, 2.05) is 4.90 Å². The highest BCUT2D eigenvalue weighted by atomic mass is 16.2. The number of amides is 2. The molecule has 0 aromatic carbocycles. The lowest BCUT2D eigenvalue weighted by Gasteiger charge is -2.28. The maximum Gasteiger partial charge on any atom is 0.235 e. The first kappa shape index (κ1) is 13.9. The summed E-state index contributed by atoms with van der Waals surface area (Å²) in [6.45, 7) is 3.35. The molecule has 6 heteroatoms. The van der Waals surface area contributed by atoms with Gasteiger partial charge in [0.25, 0.3) is 0 Å². The molecular weight excluding hydrogens is 220 g/mol. The van der Waals surface area contributed by atoms with E-state index in [2.05, 4.69) is 5.32 Å². The zero-order valence-corrected chi connectivity index (χ0v) is 10.6. The van der Waals surface area contributed by atoms with Crippen molar-refractivity contribution in [2.45, 2.75) is 18.9 Å². The van der Waals surface area contributed by atoms with Crippen molar-refractivity contribution in [3.63, 3.8) is 0 Å². The molecule has 1 aliphatic rings. The van der Waals surface area contributed by atoms with Crippen molar-refractivity contribution in [3.8, 4) is 0 Å². The molecule has 1 unspecified atom stereocenters. The largest absolute Gasteiger partial charge is 0.368 e. The van der Waals surface area contributed by atoms with Crippen LogP contribution in [0.15, 0.2) is 0 Å². The normalized spacial score (nSPS) is 19.4. The molecule has 98 valence electrons. The lowest BCUT2D eigenvalue weighted by molar-refractivity contribution is -0.134. The average Bonchev–Trinajstić information content (AvgIpc) is 2.53. The third-order valence-electron chi connectivity index (χ3n) is 3.01. The van der Waals surface area contributed by atoms with E-state index < -0.39 is 11.9 Å². The molecule has 0 aliphatic carbocycles. The average molecular weight is 242 g/mol. The van der Waals surface area contributed by atoms with Crippen molar-refractivity contribution in [2.24, 2.45) is 5.73 Å². The Labute approximate surface area is 102 Å². The Morgan fingerprint density at radius 2 is 2.06 bits per heavy atom. The minimum atomic E-state index is -0.482. The van der Waals surface area contributed by atoms with Gasteiger partial charge in [0.05, 0.1) is 12.5 Å². The fourth-order valence-corrected chi connectivity index (χ4v) is 1.94. The molecule has 1 saturated heterocycles. The van der Waals surface area contributed by atoms with E-state index in [0.29, 0.717) is 0 Å². The zero-order chi connectivity index (χ0) is 12.8. The number of nitrogens with zero attached hydrogens (tertiary/aromatic N) is 2. The molecule has 0 spiro atoms. The van der Waals surface area contributed by atoms with Gasteiger partial charge in [-0.1, -0.05) is 0 Å². The molecule has 0 aromatic heterocycles. The molecule has 1 aliphatic heterocycles. The lowest BCUT2D eigenvalue weighted by atomic mass is 10.1. The highest BCUT2D eigenvalue weighted by molar-refractivity contribution is 5.87. The van der Waals surface area contributed by atoms with Crippen molar-refractivity contribution >= 4 is 11.8 Å². The second-order valence-electron chi connectivity index (χ2n) is 4.55. The molecule has 0 radical (unpaired) electrons. The Morgan fingerprint density at radius 1 is 1.35 bits per heavy atom. The Hall–Kier alpha value is -1.14. The van der Waals surface area contributed by atoms with E-state index in [0.717, 1.165) is 32.6 Å². The van der Waals surface area contributed by atoms with Crippen LogP contribution in [0.5, 0.6) is 0 Å². The second-order valence-corrected chi connectivity index (χ2v) is 4.55. The summed E-state index contributed by atoms with van der Waals surface area (Å²) in [6, 6.07) is -0.482. The quantitative estimate of drug-likeness (QED) is 0.636. The molecule has 1 rings (SSSR count). The number of primary amides is 1. The maximum atomic E-state index is 11.7. The number of carbonyl (C=O) groups is 2. The summed E-state index contributed by atoms with van der Waals surface area (Å²) >= 11 is 0. The van der Waals surface area contributed by atoms with E-state index in [-0.39, 0.29) is 12.3 Å². The highest BCUT2D eigenvalue weighted by Crippen LogP contribution is 2.08. The zero-order valence-electron chi connectivity index (χ0n) is 10.6. The molecule has 0 aromatic rings. The van der Waals surface area contributed by atoms with Gasteiger partial charge in [-0.2, -0.15) is 0 Å². The summed E-state index contributed by atoms with van der Waals surface area (Å²) in [6.07, 6.45) is 1.14. The van der Waals surface area contributed by atoms with Crippen LogP contribution in [0, 0.1) is 0 Å². The molecule has 17 heavy (non-hydrogen) atoms. The van der Waals surface area contributed by atoms with Crippen molar-refractivity contribution in [1.29, 1.82) is 0 Å². The summed E-state index contributed by atoms with van der Waals surface area (Å²) in [5, 5.41) is 3.26. The molecule has 3 N–H and O–H groups in total. The number of nitrogens with two attached hydrogens (primary N) is 1. The Bertz CT molecular complexity index is 273. The van der Waals surface area contributed by atoms with Crippen LogP contribution < -0.4 is 11.1 Å². The monoisotopic (exact) mass is 242 g/mol. The summed E-state index contributed by atoms with van der Waals surface area (Å²) < 4.78 is 0. The van der Waals surface area contributed by atoms with Crippen LogP contribution in [0.3, 0.4) is 0 Å². The van der Waals surface area contributed by atoms with Crippen molar-refractivity contribution in [1.82, 2.24) is 15.1 Å². The highest BCUT2D eigenvalue weighted by Gasteiger charge is 2.27. The summed E-state index contributed by atoms with van der Waals surface area (Å²) in [4.78, 5) is 26.6. The maximum absolute atomic E-state index is 11.7. The minimum absolute atomic E-state index is 0.0639. The van der Waals surface area contributed by atoms with E-state index in [1.165, 1.54) is 4.90 Å². The Kier molecular flexibility index (Phi) is 5.37. The van der Waals surface area contributed by atoms with Gasteiger partial charge in [-0.25, -0.2) is 0 Å². The lowest BCUT2D eigenvalue weighted by Crippen LogP contribution is -2.48. The first-order valence-corrected chi connectivity index (χ1v) is 5.96. The van der Waals surface area contributed by atoms with E-state index in [4.69, 9.17) is 5.73 Å². The fraction of sp³-hybridized carbons (Fsp3) is 0.818. The minimum Gasteiger partial charge on any atom is -0.368 e.